The zero-order valence-electron chi connectivity index (χ0n) is 10.8. The second kappa shape index (κ2) is 5.48. The molecule has 0 aliphatic carbocycles. The topological polar surface area (TPSA) is 24.5 Å². The van der Waals surface area contributed by atoms with Crippen molar-refractivity contribution in [1.82, 2.24) is 10.2 Å². The predicted molar refractivity (Wildman–Crippen MR) is 66.7 cm³/mol. The van der Waals surface area contributed by atoms with E-state index in [2.05, 4.69) is 24.1 Å². The summed E-state index contributed by atoms with van der Waals surface area (Å²) in [6, 6.07) is 0. The molecule has 0 amide bonds. The van der Waals surface area contributed by atoms with Crippen molar-refractivity contribution >= 4 is 0 Å². The van der Waals surface area contributed by atoms with Crippen LogP contribution in [-0.2, 0) is 4.74 Å². The summed E-state index contributed by atoms with van der Waals surface area (Å²) in [5.41, 5.74) is 0.462. The number of nitrogens with one attached hydrogen (secondary N) is 1. The van der Waals surface area contributed by atoms with Crippen LogP contribution in [0.4, 0.5) is 0 Å². The van der Waals surface area contributed by atoms with Gasteiger partial charge in [0.2, 0.25) is 0 Å². The largest absolute Gasteiger partial charge is 0.379 e. The fourth-order valence-electron chi connectivity index (χ4n) is 3.34. The molecule has 0 spiro atoms. The SMILES string of the molecule is CC(C)CC1(N2CCOCC2)CCNCC1. The molecule has 0 aromatic rings. The van der Waals surface area contributed by atoms with Crippen LogP contribution in [0, 0.1) is 5.92 Å². The molecule has 2 aliphatic heterocycles. The van der Waals surface area contributed by atoms with Gasteiger partial charge in [-0.15, -0.1) is 0 Å². The molecule has 0 aromatic heterocycles. The van der Waals surface area contributed by atoms with Crippen molar-refractivity contribution in [1.29, 1.82) is 0 Å². The molecule has 0 atom stereocenters. The van der Waals surface area contributed by atoms with Gasteiger partial charge in [0, 0.05) is 18.6 Å². The Morgan fingerprint density at radius 3 is 2.38 bits per heavy atom. The van der Waals surface area contributed by atoms with Crippen molar-refractivity contribution in [3.05, 3.63) is 0 Å². The second-order valence-corrected chi connectivity index (χ2v) is 5.67. The highest BCUT2D eigenvalue weighted by Gasteiger charge is 2.38. The third kappa shape index (κ3) is 2.76. The number of nitrogens with zero attached hydrogens (tertiary/aromatic N) is 1. The van der Waals surface area contributed by atoms with E-state index in [1.807, 2.05) is 0 Å². The van der Waals surface area contributed by atoms with Gasteiger partial charge in [0.05, 0.1) is 13.2 Å². The van der Waals surface area contributed by atoms with E-state index >= 15 is 0 Å². The van der Waals surface area contributed by atoms with Crippen LogP contribution in [0.1, 0.15) is 33.1 Å². The number of hydrogen-bond acceptors (Lipinski definition) is 3. The van der Waals surface area contributed by atoms with E-state index in [1.54, 1.807) is 0 Å². The Morgan fingerprint density at radius 1 is 1.19 bits per heavy atom. The first-order chi connectivity index (χ1) is 7.73. The van der Waals surface area contributed by atoms with Gasteiger partial charge >= 0.3 is 0 Å². The van der Waals surface area contributed by atoms with E-state index in [0.29, 0.717) is 5.54 Å². The molecule has 2 rings (SSSR count). The molecular formula is C13H26N2O. The summed E-state index contributed by atoms with van der Waals surface area (Å²) in [7, 11) is 0. The van der Waals surface area contributed by atoms with Gasteiger partial charge in [-0.2, -0.15) is 0 Å². The summed E-state index contributed by atoms with van der Waals surface area (Å²) < 4.78 is 5.48. The van der Waals surface area contributed by atoms with Crippen molar-refractivity contribution in [3.63, 3.8) is 0 Å². The van der Waals surface area contributed by atoms with Gasteiger partial charge in [-0.25, -0.2) is 0 Å². The van der Waals surface area contributed by atoms with Gasteiger partial charge < -0.3 is 10.1 Å². The monoisotopic (exact) mass is 226 g/mol. The Balaban J connectivity index is 2.05. The molecule has 3 heteroatoms. The average Bonchev–Trinajstić information content (AvgIpc) is 2.30. The lowest BCUT2D eigenvalue weighted by molar-refractivity contribution is -0.0428. The number of piperidine rings is 1. The zero-order chi connectivity index (χ0) is 11.4. The zero-order valence-corrected chi connectivity index (χ0v) is 10.8. The molecule has 0 bridgehead atoms. The molecule has 2 aliphatic rings. The van der Waals surface area contributed by atoms with Gasteiger partial charge in [0.1, 0.15) is 0 Å². The Morgan fingerprint density at radius 2 is 1.81 bits per heavy atom. The second-order valence-electron chi connectivity index (χ2n) is 5.67. The summed E-state index contributed by atoms with van der Waals surface area (Å²) in [5.74, 6) is 0.793. The minimum Gasteiger partial charge on any atom is -0.379 e. The van der Waals surface area contributed by atoms with Crippen molar-refractivity contribution < 1.29 is 4.74 Å². The van der Waals surface area contributed by atoms with E-state index in [0.717, 1.165) is 32.2 Å². The number of ether oxygens (including phenoxy) is 1. The number of hydrogen-bond donors (Lipinski definition) is 1. The standard InChI is InChI=1S/C13H26N2O/c1-12(2)11-13(3-5-14-6-4-13)15-7-9-16-10-8-15/h12,14H,3-11H2,1-2H3. The van der Waals surface area contributed by atoms with E-state index in [4.69, 9.17) is 4.74 Å². The molecule has 0 saturated carbocycles. The molecule has 3 nitrogen and oxygen atoms in total. The maximum absolute atomic E-state index is 5.48. The van der Waals surface area contributed by atoms with Crippen LogP contribution in [0.25, 0.3) is 0 Å². The molecule has 2 saturated heterocycles. The lowest BCUT2D eigenvalue weighted by Gasteiger charge is -2.49. The fraction of sp³-hybridized carbons (Fsp3) is 1.00. The van der Waals surface area contributed by atoms with Gasteiger partial charge in [-0.1, -0.05) is 13.8 Å². The van der Waals surface area contributed by atoms with Crippen LogP contribution in [0.3, 0.4) is 0 Å². The highest BCUT2D eigenvalue weighted by Crippen LogP contribution is 2.33. The van der Waals surface area contributed by atoms with Crippen LogP contribution in [0.2, 0.25) is 0 Å². The molecule has 1 N–H and O–H groups in total. The summed E-state index contributed by atoms with van der Waals surface area (Å²) in [4.78, 5) is 2.71. The van der Waals surface area contributed by atoms with E-state index in [1.165, 1.54) is 32.4 Å². The normalized spacial score (nSPS) is 27.2. The molecule has 0 unspecified atom stereocenters. The highest BCUT2D eigenvalue weighted by atomic mass is 16.5. The molecule has 16 heavy (non-hydrogen) atoms. The van der Waals surface area contributed by atoms with Crippen LogP contribution in [0.15, 0.2) is 0 Å². The quantitative estimate of drug-likeness (QED) is 0.789. The first-order valence-corrected chi connectivity index (χ1v) is 6.76. The molecule has 0 radical (unpaired) electrons. The molecule has 0 aromatic carbocycles. The first-order valence-electron chi connectivity index (χ1n) is 6.76. The first kappa shape index (κ1) is 12.3. The molecule has 2 heterocycles. The molecular weight excluding hydrogens is 200 g/mol. The fourth-order valence-corrected chi connectivity index (χ4v) is 3.34. The minimum atomic E-state index is 0.462. The van der Waals surface area contributed by atoms with Gasteiger partial charge in [0.15, 0.2) is 0 Å². The summed E-state index contributed by atoms with van der Waals surface area (Å²) in [6.45, 7) is 11.2. The lowest BCUT2D eigenvalue weighted by Crippen LogP contribution is -2.58. The number of morpholine rings is 1. The molecule has 2 fully saturated rings. The number of rotatable bonds is 3. The predicted octanol–water partition coefficient (Wildman–Crippen LogP) is 1.49. The lowest BCUT2D eigenvalue weighted by atomic mass is 9.79. The van der Waals surface area contributed by atoms with Crippen molar-refractivity contribution in [2.75, 3.05) is 39.4 Å². The smallest absolute Gasteiger partial charge is 0.0594 e. The molecule has 94 valence electrons. The maximum atomic E-state index is 5.48. The Bertz CT molecular complexity index is 206. The van der Waals surface area contributed by atoms with Gasteiger partial charge in [-0.3, -0.25) is 4.90 Å². The third-order valence-corrected chi connectivity index (χ3v) is 4.00. The Labute approximate surface area is 99.5 Å². The summed E-state index contributed by atoms with van der Waals surface area (Å²) in [6.07, 6.45) is 3.96. The van der Waals surface area contributed by atoms with Gasteiger partial charge in [0.25, 0.3) is 0 Å². The maximum Gasteiger partial charge on any atom is 0.0594 e. The van der Waals surface area contributed by atoms with E-state index in [-0.39, 0.29) is 0 Å². The van der Waals surface area contributed by atoms with Gasteiger partial charge in [-0.05, 0) is 38.3 Å². The average molecular weight is 226 g/mol. The third-order valence-electron chi connectivity index (χ3n) is 4.00. The minimum absolute atomic E-state index is 0.462. The van der Waals surface area contributed by atoms with E-state index in [9.17, 15) is 0 Å². The Hall–Kier alpha value is -0.120. The highest BCUT2D eigenvalue weighted by molar-refractivity contribution is 4.95. The summed E-state index contributed by atoms with van der Waals surface area (Å²) in [5, 5.41) is 3.49. The van der Waals surface area contributed by atoms with Crippen LogP contribution < -0.4 is 5.32 Å². The van der Waals surface area contributed by atoms with E-state index < -0.39 is 0 Å². The van der Waals surface area contributed by atoms with Crippen molar-refractivity contribution in [2.45, 2.75) is 38.6 Å². The van der Waals surface area contributed by atoms with Crippen molar-refractivity contribution in [3.8, 4) is 0 Å². The Kier molecular flexibility index (Phi) is 4.22. The van der Waals surface area contributed by atoms with Crippen LogP contribution in [-0.4, -0.2) is 49.8 Å². The van der Waals surface area contributed by atoms with Crippen LogP contribution >= 0.6 is 0 Å². The van der Waals surface area contributed by atoms with Crippen molar-refractivity contribution in [2.24, 2.45) is 5.92 Å². The summed E-state index contributed by atoms with van der Waals surface area (Å²) >= 11 is 0. The van der Waals surface area contributed by atoms with Crippen LogP contribution in [0.5, 0.6) is 0 Å².